The summed E-state index contributed by atoms with van der Waals surface area (Å²) in [6.07, 6.45) is -0.640. The topological polar surface area (TPSA) is 55.5 Å². The largest absolute Gasteiger partial charge is 0.488 e. The molecule has 0 bridgehead atoms. The first-order valence-electron chi connectivity index (χ1n) is 6.01. The normalized spacial score (nSPS) is 12.5. The highest BCUT2D eigenvalue weighted by atomic mass is 35.5. The molecule has 102 valence electrons. The van der Waals surface area contributed by atoms with E-state index >= 15 is 0 Å². The van der Waals surface area contributed by atoms with Crippen molar-refractivity contribution in [3.05, 3.63) is 45.8 Å². The van der Waals surface area contributed by atoms with Gasteiger partial charge in [0.15, 0.2) is 0 Å². The van der Waals surface area contributed by atoms with Gasteiger partial charge in [-0.3, -0.25) is 0 Å². The highest BCUT2D eigenvalue weighted by Gasteiger charge is 2.13. The zero-order valence-corrected chi connectivity index (χ0v) is 11.9. The Labute approximate surface area is 116 Å². The van der Waals surface area contributed by atoms with Crippen LogP contribution in [0.5, 0.6) is 5.75 Å². The fraction of sp³-hybridized carbons (Fsp3) is 0.357. The number of aromatic nitrogens is 1. The summed E-state index contributed by atoms with van der Waals surface area (Å²) in [6, 6.07) is 5.19. The summed E-state index contributed by atoms with van der Waals surface area (Å²) in [6.45, 7) is 5.74. The third-order valence-corrected chi connectivity index (χ3v) is 3.21. The lowest BCUT2D eigenvalue weighted by atomic mass is 10.1. The van der Waals surface area contributed by atoms with E-state index in [1.54, 1.807) is 25.1 Å². The summed E-state index contributed by atoms with van der Waals surface area (Å²) in [5.41, 5.74) is 2.40. The lowest BCUT2D eigenvalue weighted by molar-refractivity contribution is 0.190. The van der Waals surface area contributed by atoms with Crippen molar-refractivity contribution in [3.8, 4) is 5.75 Å². The number of aliphatic hydroxyl groups excluding tert-OH is 1. The van der Waals surface area contributed by atoms with Crippen molar-refractivity contribution in [1.82, 2.24) is 5.16 Å². The predicted octanol–water partition coefficient (Wildman–Crippen LogP) is 3.58. The van der Waals surface area contributed by atoms with E-state index in [1.807, 2.05) is 13.8 Å². The summed E-state index contributed by atoms with van der Waals surface area (Å²) in [5.74, 6) is 1.35. The molecule has 1 atom stereocenters. The van der Waals surface area contributed by atoms with Gasteiger partial charge in [-0.15, -0.1) is 0 Å². The molecular formula is C14H16ClNO3. The van der Waals surface area contributed by atoms with Crippen molar-refractivity contribution in [2.75, 3.05) is 0 Å². The van der Waals surface area contributed by atoms with E-state index in [-0.39, 0.29) is 0 Å². The summed E-state index contributed by atoms with van der Waals surface area (Å²) in [5, 5.41) is 14.2. The third kappa shape index (κ3) is 3.08. The number of ether oxygens (including phenoxy) is 1. The van der Waals surface area contributed by atoms with Gasteiger partial charge < -0.3 is 14.4 Å². The van der Waals surface area contributed by atoms with Crippen LogP contribution in [-0.2, 0) is 6.61 Å². The van der Waals surface area contributed by atoms with Crippen molar-refractivity contribution in [2.45, 2.75) is 33.5 Å². The summed E-state index contributed by atoms with van der Waals surface area (Å²) < 4.78 is 10.8. The Hall–Kier alpha value is -1.52. The maximum atomic E-state index is 9.73. The number of benzene rings is 1. The molecule has 2 aromatic rings. The zero-order valence-electron chi connectivity index (χ0n) is 11.1. The first-order valence-corrected chi connectivity index (χ1v) is 6.39. The highest BCUT2D eigenvalue weighted by molar-refractivity contribution is 6.30. The van der Waals surface area contributed by atoms with Gasteiger partial charge in [0.25, 0.3) is 0 Å². The monoisotopic (exact) mass is 281 g/mol. The number of hydrogen-bond donors (Lipinski definition) is 1. The summed E-state index contributed by atoms with van der Waals surface area (Å²) in [7, 11) is 0. The molecule has 1 heterocycles. The van der Waals surface area contributed by atoms with Gasteiger partial charge in [-0.25, -0.2) is 0 Å². The van der Waals surface area contributed by atoms with Crippen molar-refractivity contribution < 1.29 is 14.4 Å². The van der Waals surface area contributed by atoms with E-state index in [0.717, 1.165) is 17.0 Å². The highest BCUT2D eigenvalue weighted by Crippen LogP contribution is 2.29. The maximum absolute atomic E-state index is 9.73. The van der Waals surface area contributed by atoms with Crippen LogP contribution in [0.2, 0.25) is 5.02 Å². The van der Waals surface area contributed by atoms with Crippen LogP contribution in [0.4, 0.5) is 0 Å². The standard InChI is InChI=1S/C14H16ClNO3/c1-8-13(10(3)19-16-8)7-18-14-5-4-11(15)6-12(14)9(2)17/h4-6,9,17H,7H2,1-3H3. The Morgan fingerprint density at radius 2 is 2.16 bits per heavy atom. The van der Waals surface area contributed by atoms with E-state index in [4.69, 9.17) is 20.9 Å². The minimum atomic E-state index is -0.640. The minimum Gasteiger partial charge on any atom is -0.488 e. The van der Waals surface area contributed by atoms with Crippen LogP contribution in [0.15, 0.2) is 22.7 Å². The van der Waals surface area contributed by atoms with Crippen LogP contribution >= 0.6 is 11.6 Å². The molecule has 0 fully saturated rings. The van der Waals surface area contributed by atoms with Gasteiger partial charge in [-0.1, -0.05) is 16.8 Å². The van der Waals surface area contributed by atoms with Gasteiger partial charge in [0.2, 0.25) is 0 Å². The number of hydrogen-bond acceptors (Lipinski definition) is 4. The fourth-order valence-corrected chi connectivity index (χ4v) is 2.02. The number of rotatable bonds is 4. The van der Waals surface area contributed by atoms with Gasteiger partial charge in [0, 0.05) is 10.6 Å². The lowest BCUT2D eigenvalue weighted by Crippen LogP contribution is -2.02. The molecule has 0 saturated heterocycles. The van der Waals surface area contributed by atoms with Crippen molar-refractivity contribution in [1.29, 1.82) is 0 Å². The molecule has 0 aliphatic carbocycles. The van der Waals surface area contributed by atoms with E-state index in [1.165, 1.54) is 0 Å². The van der Waals surface area contributed by atoms with Gasteiger partial charge >= 0.3 is 0 Å². The van der Waals surface area contributed by atoms with Crippen LogP contribution in [-0.4, -0.2) is 10.3 Å². The molecule has 1 aromatic carbocycles. The Balaban J connectivity index is 2.20. The molecule has 1 unspecified atom stereocenters. The van der Waals surface area contributed by atoms with Crippen molar-refractivity contribution in [2.24, 2.45) is 0 Å². The molecule has 2 rings (SSSR count). The minimum absolute atomic E-state index is 0.350. The van der Waals surface area contributed by atoms with Crippen LogP contribution in [0.25, 0.3) is 0 Å². The Morgan fingerprint density at radius 3 is 2.74 bits per heavy atom. The fourth-order valence-electron chi connectivity index (χ4n) is 1.84. The van der Waals surface area contributed by atoms with Crippen LogP contribution in [0.1, 0.15) is 35.6 Å². The Bertz CT molecular complexity index is 559. The molecule has 4 nitrogen and oxygen atoms in total. The second-order valence-electron chi connectivity index (χ2n) is 4.45. The van der Waals surface area contributed by atoms with Gasteiger partial charge in [0.1, 0.15) is 18.1 Å². The first-order chi connectivity index (χ1) is 8.99. The second-order valence-corrected chi connectivity index (χ2v) is 4.89. The second kappa shape index (κ2) is 5.63. The van der Waals surface area contributed by atoms with Crippen LogP contribution in [0, 0.1) is 13.8 Å². The average Bonchev–Trinajstić information content (AvgIpc) is 2.68. The van der Waals surface area contributed by atoms with Crippen molar-refractivity contribution in [3.63, 3.8) is 0 Å². The molecule has 5 heteroatoms. The summed E-state index contributed by atoms with van der Waals surface area (Å²) in [4.78, 5) is 0. The SMILES string of the molecule is Cc1noc(C)c1COc1ccc(Cl)cc1C(C)O. The molecular weight excluding hydrogens is 266 g/mol. The van der Waals surface area contributed by atoms with Crippen LogP contribution in [0.3, 0.4) is 0 Å². The average molecular weight is 282 g/mol. The van der Waals surface area contributed by atoms with Gasteiger partial charge in [-0.2, -0.15) is 0 Å². The molecule has 1 aromatic heterocycles. The van der Waals surface area contributed by atoms with Crippen molar-refractivity contribution >= 4 is 11.6 Å². The molecule has 0 radical (unpaired) electrons. The number of aryl methyl sites for hydroxylation is 2. The number of nitrogens with zero attached hydrogens (tertiary/aromatic N) is 1. The maximum Gasteiger partial charge on any atom is 0.140 e. The van der Waals surface area contributed by atoms with Crippen LogP contribution < -0.4 is 4.74 Å². The zero-order chi connectivity index (χ0) is 14.0. The van der Waals surface area contributed by atoms with Gasteiger partial charge in [0.05, 0.1) is 17.4 Å². The van der Waals surface area contributed by atoms with Gasteiger partial charge in [-0.05, 0) is 39.0 Å². The molecule has 0 spiro atoms. The molecule has 1 N–H and O–H groups in total. The first kappa shape index (κ1) is 13.9. The van der Waals surface area contributed by atoms with E-state index < -0.39 is 6.10 Å². The molecule has 19 heavy (non-hydrogen) atoms. The van der Waals surface area contributed by atoms with E-state index in [2.05, 4.69) is 5.16 Å². The predicted molar refractivity (Wildman–Crippen MR) is 72.4 cm³/mol. The quantitative estimate of drug-likeness (QED) is 0.931. The molecule has 0 aliphatic heterocycles. The number of halogens is 1. The third-order valence-electron chi connectivity index (χ3n) is 2.98. The number of aliphatic hydroxyl groups is 1. The smallest absolute Gasteiger partial charge is 0.140 e. The summed E-state index contributed by atoms with van der Waals surface area (Å²) >= 11 is 5.92. The Morgan fingerprint density at radius 1 is 1.42 bits per heavy atom. The lowest BCUT2D eigenvalue weighted by Gasteiger charge is -2.13. The molecule has 0 aliphatic rings. The molecule has 0 saturated carbocycles. The van der Waals surface area contributed by atoms with E-state index in [0.29, 0.717) is 22.9 Å². The Kier molecular flexibility index (Phi) is 4.12. The van der Waals surface area contributed by atoms with E-state index in [9.17, 15) is 5.11 Å². The molecule has 0 amide bonds.